The maximum Gasteiger partial charge on any atom is 0.180 e. The second-order valence-electron chi connectivity index (χ2n) is 5.69. The van der Waals surface area contributed by atoms with E-state index in [1.807, 2.05) is 0 Å². The first-order valence-electron chi connectivity index (χ1n) is 5.91. The number of nitrogens with zero attached hydrogens (tertiary/aromatic N) is 2. The summed E-state index contributed by atoms with van der Waals surface area (Å²) in [6.45, 7) is 7.01. The van der Waals surface area contributed by atoms with Gasteiger partial charge in [-0.3, -0.25) is 10.0 Å². The molecule has 1 aliphatic heterocycles. The fraction of sp³-hybridized carbons (Fsp3) is 0.462. The predicted octanol–water partition coefficient (Wildman–Crippen LogP) is 2.37. The summed E-state index contributed by atoms with van der Waals surface area (Å²) in [6, 6.07) is 0. The second kappa shape index (κ2) is 4.10. The van der Waals surface area contributed by atoms with Crippen LogP contribution in [0.2, 0.25) is 0 Å². The standard InChI is InChI=1S/C13H16ClN2O3/c1-12(2)13(3,4)16(19)11(15(12)18)9-6-5-8(17)7-10(9)14/h5-7,18H,1-4H3/b11-9+. The van der Waals surface area contributed by atoms with Crippen molar-refractivity contribution in [2.45, 2.75) is 38.8 Å². The maximum absolute atomic E-state index is 12.4. The molecule has 5 nitrogen and oxygen atoms in total. The minimum Gasteiger partial charge on any atom is -0.290 e. The Hall–Kier alpha value is -1.30. The number of rotatable bonds is 0. The van der Waals surface area contributed by atoms with Crippen LogP contribution in [0.1, 0.15) is 27.7 Å². The number of carbonyl (C=O) groups excluding carboxylic acids is 1. The first-order chi connectivity index (χ1) is 8.60. The number of ketones is 1. The predicted molar refractivity (Wildman–Crippen MR) is 69.4 cm³/mol. The lowest BCUT2D eigenvalue weighted by Gasteiger charge is -2.36. The smallest absolute Gasteiger partial charge is 0.180 e. The van der Waals surface area contributed by atoms with Gasteiger partial charge in [0.25, 0.3) is 0 Å². The van der Waals surface area contributed by atoms with Gasteiger partial charge in [-0.2, -0.15) is 5.06 Å². The molecule has 0 aromatic carbocycles. The summed E-state index contributed by atoms with van der Waals surface area (Å²) in [5.41, 5.74) is -1.28. The molecule has 103 valence electrons. The average Bonchev–Trinajstić information content (AvgIpc) is 2.40. The zero-order valence-electron chi connectivity index (χ0n) is 11.3. The van der Waals surface area contributed by atoms with Crippen molar-refractivity contribution in [1.29, 1.82) is 0 Å². The topological polar surface area (TPSA) is 63.7 Å². The van der Waals surface area contributed by atoms with E-state index in [0.717, 1.165) is 10.1 Å². The van der Waals surface area contributed by atoms with Crippen LogP contribution in [0, 0.1) is 0 Å². The highest BCUT2D eigenvalue weighted by Crippen LogP contribution is 2.45. The van der Waals surface area contributed by atoms with Crippen LogP contribution >= 0.6 is 11.6 Å². The van der Waals surface area contributed by atoms with Gasteiger partial charge >= 0.3 is 0 Å². The van der Waals surface area contributed by atoms with Crippen LogP contribution in [-0.2, 0) is 10.0 Å². The summed E-state index contributed by atoms with van der Waals surface area (Å²) in [5, 5.41) is 24.5. The van der Waals surface area contributed by atoms with Gasteiger partial charge in [-0.05, 0) is 39.8 Å². The minimum absolute atomic E-state index is 0.0556. The van der Waals surface area contributed by atoms with Crippen molar-refractivity contribution in [2.75, 3.05) is 0 Å². The zero-order chi connectivity index (χ0) is 14.6. The van der Waals surface area contributed by atoms with Gasteiger partial charge in [-0.25, -0.2) is 5.06 Å². The number of hydrogen-bond acceptors (Lipinski definition) is 4. The third-order valence-electron chi connectivity index (χ3n) is 4.11. The van der Waals surface area contributed by atoms with Crippen LogP contribution in [-0.4, -0.2) is 32.2 Å². The van der Waals surface area contributed by atoms with Crippen molar-refractivity contribution in [1.82, 2.24) is 10.1 Å². The van der Waals surface area contributed by atoms with Gasteiger partial charge in [0.1, 0.15) is 0 Å². The summed E-state index contributed by atoms with van der Waals surface area (Å²) in [7, 11) is 0. The Labute approximate surface area is 117 Å². The van der Waals surface area contributed by atoms with Gasteiger partial charge in [0, 0.05) is 11.6 Å². The molecule has 2 rings (SSSR count). The fourth-order valence-corrected chi connectivity index (χ4v) is 2.28. The first-order valence-corrected chi connectivity index (χ1v) is 6.29. The van der Waals surface area contributed by atoms with E-state index in [2.05, 4.69) is 0 Å². The Bertz CT molecular complexity index is 510. The van der Waals surface area contributed by atoms with Crippen LogP contribution in [0.15, 0.2) is 34.7 Å². The van der Waals surface area contributed by atoms with Gasteiger partial charge in [0.2, 0.25) is 0 Å². The van der Waals surface area contributed by atoms with Crippen LogP contribution in [0.3, 0.4) is 0 Å². The lowest BCUT2D eigenvalue weighted by atomic mass is 9.84. The van der Waals surface area contributed by atoms with Crippen molar-refractivity contribution >= 4 is 17.4 Å². The quantitative estimate of drug-likeness (QED) is 0.741. The van der Waals surface area contributed by atoms with E-state index in [0.29, 0.717) is 5.57 Å². The third-order valence-corrected chi connectivity index (χ3v) is 4.42. The highest BCUT2D eigenvalue weighted by atomic mass is 35.5. The van der Waals surface area contributed by atoms with Crippen molar-refractivity contribution in [3.8, 4) is 0 Å². The van der Waals surface area contributed by atoms with Crippen molar-refractivity contribution < 1.29 is 15.2 Å². The second-order valence-corrected chi connectivity index (χ2v) is 6.10. The van der Waals surface area contributed by atoms with Gasteiger partial charge in [0.15, 0.2) is 11.6 Å². The van der Waals surface area contributed by atoms with E-state index in [-0.39, 0.29) is 16.6 Å². The Morgan fingerprint density at radius 1 is 1.16 bits per heavy atom. The van der Waals surface area contributed by atoms with E-state index in [4.69, 9.17) is 11.6 Å². The number of carbonyl (C=O) groups is 1. The average molecular weight is 284 g/mol. The molecule has 1 N–H and O–H groups in total. The molecule has 0 spiro atoms. The molecule has 1 radical (unpaired) electrons. The number of hydrogen-bond donors (Lipinski definition) is 1. The van der Waals surface area contributed by atoms with Crippen molar-refractivity contribution in [3.05, 3.63) is 34.7 Å². The molecule has 6 heteroatoms. The van der Waals surface area contributed by atoms with Crippen molar-refractivity contribution in [2.24, 2.45) is 0 Å². The Balaban J connectivity index is 2.62. The molecule has 1 fully saturated rings. The first kappa shape index (κ1) is 14.1. The van der Waals surface area contributed by atoms with Gasteiger partial charge < -0.3 is 0 Å². The Morgan fingerprint density at radius 3 is 2.16 bits per heavy atom. The molecule has 0 aromatic rings. The minimum atomic E-state index is -0.837. The summed E-state index contributed by atoms with van der Waals surface area (Å²) in [6.07, 6.45) is 3.99. The maximum atomic E-state index is 12.4. The molecular formula is C13H16ClN2O3. The van der Waals surface area contributed by atoms with E-state index in [9.17, 15) is 15.2 Å². The fourth-order valence-electron chi connectivity index (χ4n) is 2.02. The third kappa shape index (κ3) is 1.81. The Kier molecular flexibility index (Phi) is 3.04. The SMILES string of the molecule is CC1(C)N([O])/C(=C2\C=CC(=O)C=C2Cl)N(O)C1(C)C. The van der Waals surface area contributed by atoms with Crippen LogP contribution in [0.4, 0.5) is 0 Å². The van der Waals surface area contributed by atoms with Gasteiger partial charge in [0.05, 0.1) is 16.1 Å². The molecule has 1 saturated heterocycles. The van der Waals surface area contributed by atoms with Gasteiger partial charge in [-0.15, -0.1) is 0 Å². The van der Waals surface area contributed by atoms with Crippen LogP contribution < -0.4 is 0 Å². The molecule has 0 bridgehead atoms. The molecule has 2 aliphatic rings. The summed E-state index contributed by atoms with van der Waals surface area (Å²) in [5.74, 6) is -0.187. The lowest BCUT2D eigenvalue weighted by molar-refractivity contribution is -0.181. The number of hydroxylamine groups is 4. The molecule has 0 unspecified atom stereocenters. The summed E-state index contributed by atoms with van der Waals surface area (Å²) in [4.78, 5) is 11.2. The molecule has 19 heavy (non-hydrogen) atoms. The lowest BCUT2D eigenvalue weighted by Crippen LogP contribution is -2.52. The molecule has 0 aromatic heterocycles. The van der Waals surface area contributed by atoms with E-state index >= 15 is 0 Å². The molecule has 1 aliphatic carbocycles. The zero-order valence-corrected chi connectivity index (χ0v) is 12.0. The highest BCUT2D eigenvalue weighted by molar-refractivity contribution is 6.35. The largest absolute Gasteiger partial charge is 0.290 e. The van der Waals surface area contributed by atoms with Crippen LogP contribution in [0.5, 0.6) is 0 Å². The van der Waals surface area contributed by atoms with E-state index in [1.54, 1.807) is 27.7 Å². The molecule has 0 saturated carbocycles. The highest BCUT2D eigenvalue weighted by Gasteiger charge is 2.57. The van der Waals surface area contributed by atoms with Crippen LogP contribution in [0.25, 0.3) is 0 Å². The van der Waals surface area contributed by atoms with Crippen molar-refractivity contribution in [3.63, 3.8) is 0 Å². The van der Waals surface area contributed by atoms with E-state index < -0.39 is 11.1 Å². The molecule has 1 heterocycles. The Morgan fingerprint density at radius 2 is 1.74 bits per heavy atom. The summed E-state index contributed by atoms with van der Waals surface area (Å²) >= 11 is 6.00. The summed E-state index contributed by atoms with van der Waals surface area (Å²) < 4.78 is 0. The normalized spacial score (nSPS) is 29.0. The molecular weight excluding hydrogens is 268 g/mol. The number of allylic oxidation sites excluding steroid dienone is 5. The van der Waals surface area contributed by atoms with E-state index in [1.165, 1.54) is 18.2 Å². The van der Waals surface area contributed by atoms with Gasteiger partial charge in [-0.1, -0.05) is 16.8 Å². The number of halogens is 1. The molecule has 0 amide bonds. The molecule has 0 atom stereocenters. The monoisotopic (exact) mass is 283 g/mol.